The second-order valence-corrected chi connectivity index (χ2v) is 5.93. The van der Waals surface area contributed by atoms with Crippen molar-refractivity contribution in [1.29, 1.82) is 0 Å². The predicted octanol–water partition coefficient (Wildman–Crippen LogP) is 4.46. The van der Waals surface area contributed by atoms with Gasteiger partial charge in [-0.3, -0.25) is 4.79 Å². The van der Waals surface area contributed by atoms with E-state index in [1.54, 1.807) is 30.3 Å². The van der Waals surface area contributed by atoms with Crippen LogP contribution < -0.4 is 10.2 Å². The van der Waals surface area contributed by atoms with E-state index in [1.165, 1.54) is 0 Å². The number of para-hydroxylation sites is 2. The monoisotopic (exact) mass is 352 g/mol. The summed E-state index contributed by atoms with van der Waals surface area (Å²) in [6, 6.07) is 18.4. The molecule has 0 aliphatic heterocycles. The third-order valence-corrected chi connectivity index (χ3v) is 3.97. The van der Waals surface area contributed by atoms with Gasteiger partial charge in [-0.15, -0.1) is 0 Å². The smallest absolute Gasteiger partial charge is 0.274 e. The Morgan fingerprint density at radius 1 is 1.04 bits per heavy atom. The SMILES string of the molecule is Cc1cc(C(=O)Nc2ccccc2Cl)nc(N(C)c2ccccc2)n1. The van der Waals surface area contributed by atoms with Gasteiger partial charge in [0.2, 0.25) is 5.95 Å². The van der Waals surface area contributed by atoms with Crippen LogP contribution in [-0.4, -0.2) is 22.9 Å². The quantitative estimate of drug-likeness (QED) is 0.753. The lowest BCUT2D eigenvalue weighted by Crippen LogP contribution is -2.19. The van der Waals surface area contributed by atoms with E-state index in [4.69, 9.17) is 11.6 Å². The van der Waals surface area contributed by atoms with Crippen LogP contribution in [0, 0.1) is 6.92 Å². The molecule has 0 bridgehead atoms. The maximum atomic E-state index is 12.6. The molecule has 6 heteroatoms. The van der Waals surface area contributed by atoms with E-state index < -0.39 is 0 Å². The molecule has 5 nitrogen and oxygen atoms in total. The Balaban J connectivity index is 1.89. The van der Waals surface area contributed by atoms with Crippen LogP contribution in [0.3, 0.4) is 0 Å². The van der Waals surface area contributed by atoms with Crippen LogP contribution in [0.5, 0.6) is 0 Å². The van der Waals surface area contributed by atoms with Crippen molar-refractivity contribution in [2.24, 2.45) is 0 Å². The van der Waals surface area contributed by atoms with E-state index in [0.29, 0.717) is 22.4 Å². The first-order valence-electron chi connectivity index (χ1n) is 7.75. The number of hydrogen-bond acceptors (Lipinski definition) is 4. The number of amides is 1. The molecule has 1 N–H and O–H groups in total. The van der Waals surface area contributed by atoms with Crippen LogP contribution in [0.25, 0.3) is 0 Å². The average molecular weight is 353 g/mol. The summed E-state index contributed by atoms with van der Waals surface area (Å²) in [5.41, 5.74) is 2.47. The molecule has 0 saturated carbocycles. The molecule has 0 aliphatic carbocycles. The van der Waals surface area contributed by atoms with Crippen molar-refractivity contribution < 1.29 is 4.79 Å². The number of benzene rings is 2. The summed E-state index contributed by atoms with van der Waals surface area (Å²) in [6.45, 7) is 1.83. The number of hydrogen-bond donors (Lipinski definition) is 1. The van der Waals surface area contributed by atoms with Crippen LogP contribution in [0.2, 0.25) is 5.02 Å². The third-order valence-electron chi connectivity index (χ3n) is 3.64. The standard InChI is InChI=1S/C19H17ClN4O/c1-13-12-17(18(25)22-16-11-7-6-10-15(16)20)23-19(21-13)24(2)14-8-4-3-5-9-14/h3-12H,1-2H3,(H,22,25). The molecule has 0 unspecified atom stereocenters. The number of carbonyl (C=O) groups excluding carboxylic acids is 1. The molecule has 3 aromatic rings. The van der Waals surface area contributed by atoms with Crippen LogP contribution in [0.15, 0.2) is 60.7 Å². The molecule has 0 fully saturated rings. The van der Waals surface area contributed by atoms with E-state index in [0.717, 1.165) is 5.69 Å². The zero-order valence-electron chi connectivity index (χ0n) is 13.9. The Hall–Kier alpha value is -2.92. The van der Waals surface area contributed by atoms with Crippen molar-refractivity contribution in [2.45, 2.75) is 6.92 Å². The number of aryl methyl sites for hydroxylation is 1. The van der Waals surface area contributed by atoms with Crippen molar-refractivity contribution >= 4 is 34.8 Å². The van der Waals surface area contributed by atoms with Gasteiger partial charge in [-0.2, -0.15) is 0 Å². The number of aromatic nitrogens is 2. The third kappa shape index (κ3) is 3.95. The highest BCUT2D eigenvalue weighted by atomic mass is 35.5. The molecule has 3 rings (SSSR count). The lowest BCUT2D eigenvalue weighted by Gasteiger charge is -2.18. The molecule has 0 atom stereocenters. The highest BCUT2D eigenvalue weighted by molar-refractivity contribution is 6.33. The molecule has 126 valence electrons. The van der Waals surface area contributed by atoms with Gasteiger partial charge >= 0.3 is 0 Å². The Bertz CT molecular complexity index is 899. The van der Waals surface area contributed by atoms with Crippen LogP contribution in [0.1, 0.15) is 16.2 Å². The fourth-order valence-electron chi connectivity index (χ4n) is 2.34. The molecule has 1 heterocycles. The molecule has 1 aromatic heterocycles. The second-order valence-electron chi connectivity index (χ2n) is 5.52. The average Bonchev–Trinajstić information content (AvgIpc) is 2.63. The number of halogens is 1. The molecule has 0 aliphatic rings. The van der Waals surface area contributed by atoms with E-state index in [1.807, 2.05) is 49.2 Å². The zero-order chi connectivity index (χ0) is 17.8. The molecular weight excluding hydrogens is 336 g/mol. The summed E-state index contributed by atoms with van der Waals surface area (Å²) in [6.07, 6.45) is 0. The number of nitrogens with one attached hydrogen (secondary N) is 1. The van der Waals surface area contributed by atoms with Gasteiger partial charge in [0.25, 0.3) is 5.91 Å². The van der Waals surface area contributed by atoms with Gasteiger partial charge < -0.3 is 10.2 Å². The normalized spacial score (nSPS) is 10.4. The highest BCUT2D eigenvalue weighted by Gasteiger charge is 2.15. The van der Waals surface area contributed by atoms with Crippen LogP contribution in [0.4, 0.5) is 17.3 Å². The Kier molecular flexibility index (Phi) is 4.95. The first-order chi connectivity index (χ1) is 12.0. The molecule has 1 amide bonds. The summed E-state index contributed by atoms with van der Waals surface area (Å²) in [5.74, 6) is 0.122. The fraction of sp³-hybridized carbons (Fsp3) is 0.105. The van der Waals surface area contributed by atoms with Gasteiger partial charge in [0.1, 0.15) is 5.69 Å². The minimum Gasteiger partial charge on any atom is -0.319 e. The first-order valence-corrected chi connectivity index (χ1v) is 8.13. The second kappa shape index (κ2) is 7.32. The fourth-order valence-corrected chi connectivity index (χ4v) is 2.52. The number of rotatable bonds is 4. The van der Waals surface area contributed by atoms with Crippen molar-refractivity contribution in [2.75, 3.05) is 17.3 Å². The topological polar surface area (TPSA) is 58.1 Å². The molecule has 2 aromatic carbocycles. The summed E-state index contributed by atoms with van der Waals surface area (Å²) < 4.78 is 0. The lowest BCUT2D eigenvalue weighted by molar-refractivity contribution is 0.102. The zero-order valence-corrected chi connectivity index (χ0v) is 14.7. The Labute approximate surface area is 151 Å². The summed E-state index contributed by atoms with van der Waals surface area (Å²) in [7, 11) is 1.86. The Morgan fingerprint density at radius 2 is 1.72 bits per heavy atom. The summed E-state index contributed by atoms with van der Waals surface area (Å²) >= 11 is 6.09. The van der Waals surface area contributed by atoms with Crippen LogP contribution >= 0.6 is 11.6 Å². The molecule has 25 heavy (non-hydrogen) atoms. The summed E-state index contributed by atoms with van der Waals surface area (Å²) in [4.78, 5) is 23.2. The van der Waals surface area contributed by atoms with E-state index in [9.17, 15) is 4.79 Å². The van der Waals surface area contributed by atoms with Crippen molar-refractivity contribution in [3.05, 3.63) is 77.1 Å². The van der Waals surface area contributed by atoms with E-state index >= 15 is 0 Å². The first kappa shape index (κ1) is 16.9. The van der Waals surface area contributed by atoms with Gasteiger partial charge in [0, 0.05) is 18.4 Å². The van der Waals surface area contributed by atoms with Gasteiger partial charge in [0.15, 0.2) is 0 Å². The maximum Gasteiger partial charge on any atom is 0.274 e. The molecule has 0 saturated heterocycles. The Morgan fingerprint density at radius 3 is 2.44 bits per heavy atom. The number of anilines is 3. The largest absolute Gasteiger partial charge is 0.319 e. The molecular formula is C19H17ClN4O. The minimum absolute atomic E-state index is 0.283. The van der Waals surface area contributed by atoms with Gasteiger partial charge in [-0.1, -0.05) is 41.9 Å². The minimum atomic E-state index is -0.332. The van der Waals surface area contributed by atoms with E-state index in [-0.39, 0.29) is 11.6 Å². The van der Waals surface area contributed by atoms with Crippen LogP contribution in [-0.2, 0) is 0 Å². The number of carbonyl (C=O) groups is 1. The van der Waals surface area contributed by atoms with Crippen molar-refractivity contribution in [3.8, 4) is 0 Å². The van der Waals surface area contributed by atoms with Gasteiger partial charge in [-0.05, 0) is 37.3 Å². The van der Waals surface area contributed by atoms with E-state index in [2.05, 4.69) is 15.3 Å². The number of nitrogens with zero attached hydrogens (tertiary/aromatic N) is 3. The van der Waals surface area contributed by atoms with Gasteiger partial charge in [0.05, 0.1) is 10.7 Å². The molecule has 0 spiro atoms. The highest BCUT2D eigenvalue weighted by Crippen LogP contribution is 2.23. The lowest BCUT2D eigenvalue weighted by atomic mass is 10.2. The molecule has 0 radical (unpaired) electrons. The maximum absolute atomic E-state index is 12.6. The van der Waals surface area contributed by atoms with Gasteiger partial charge in [-0.25, -0.2) is 9.97 Å². The summed E-state index contributed by atoms with van der Waals surface area (Å²) in [5, 5.41) is 3.26. The van der Waals surface area contributed by atoms with Crippen molar-refractivity contribution in [1.82, 2.24) is 9.97 Å². The predicted molar refractivity (Wildman–Crippen MR) is 101 cm³/mol. The van der Waals surface area contributed by atoms with Crippen molar-refractivity contribution in [3.63, 3.8) is 0 Å².